The van der Waals surface area contributed by atoms with Crippen molar-refractivity contribution in [3.05, 3.63) is 12.7 Å². The maximum atomic E-state index is 11.5. The van der Waals surface area contributed by atoms with Gasteiger partial charge in [-0.15, -0.1) is 6.58 Å². The van der Waals surface area contributed by atoms with Crippen LogP contribution in [0, 0.1) is 5.41 Å². The Hall–Kier alpha value is -0.350. The van der Waals surface area contributed by atoms with Crippen molar-refractivity contribution in [1.82, 2.24) is 5.32 Å². The van der Waals surface area contributed by atoms with Crippen molar-refractivity contribution in [2.45, 2.75) is 26.7 Å². The van der Waals surface area contributed by atoms with Crippen molar-refractivity contribution in [2.24, 2.45) is 5.41 Å². The highest BCUT2D eigenvalue weighted by molar-refractivity contribution is 7.91. The van der Waals surface area contributed by atoms with E-state index in [0.717, 1.165) is 6.54 Å². The summed E-state index contributed by atoms with van der Waals surface area (Å²) in [6.07, 6.45) is 3.17. The van der Waals surface area contributed by atoms with E-state index in [-0.39, 0.29) is 11.2 Å². The third kappa shape index (κ3) is 5.95. The summed E-state index contributed by atoms with van der Waals surface area (Å²) in [6.45, 7) is 8.44. The minimum Gasteiger partial charge on any atom is -0.319 e. The summed E-state index contributed by atoms with van der Waals surface area (Å²) in [4.78, 5) is 0. The SMILES string of the molecule is C=CC(C)(CCS(=O)(=O)CCC)CNC. The van der Waals surface area contributed by atoms with Crippen LogP contribution in [0.1, 0.15) is 26.7 Å². The Morgan fingerprint density at radius 3 is 2.40 bits per heavy atom. The van der Waals surface area contributed by atoms with Gasteiger partial charge in [0, 0.05) is 12.3 Å². The first kappa shape index (κ1) is 14.6. The maximum Gasteiger partial charge on any atom is 0.150 e. The van der Waals surface area contributed by atoms with E-state index < -0.39 is 9.84 Å². The fourth-order valence-electron chi connectivity index (χ4n) is 1.47. The van der Waals surface area contributed by atoms with E-state index >= 15 is 0 Å². The minimum atomic E-state index is -2.87. The zero-order valence-corrected chi connectivity index (χ0v) is 10.9. The van der Waals surface area contributed by atoms with Crippen molar-refractivity contribution in [1.29, 1.82) is 0 Å². The Bertz CT molecular complexity index is 285. The second-order valence-electron chi connectivity index (χ2n) is 4.29. The molecule has 4 heteroatoms. The molecule has 1 N–H and O–H groups in total. The van der Waals surface area contributed by atoms with Gasteiger partial charge in [0.1, 0.15) is 9.84 Å². The molecule has 0 rings (SSSR count). The van der Waals surface area contributed by atoms with Gasteiger partial charge in [-0.1, -0.05) is 19.9 Å². The standard InChI is InChI=1S/C11H23NO2S/c1-5-8-15(13,14)9-7-11(3,6-2)10-12-4/h6,12H,2,5,7-10H2,1,3-4H3. The van der Waals surface area contributed by atoms with Crippen LogP contribution in [0.25, 0.3) is 0 Å². The Labute approximate surface area is 93.9 Å². The van der Waals surface area contributed by atoms with E-state index in [1.165, 1.54) is 0 Å². The van der Waals surface area contributed by atoms with Gasteiger partial charge in [-0.05, 0) is 25.3 Å². The van der Waals surface area contributed by atoms with Crippen LogP contribution in [-0.2, 0) is 9.84 Å². The third-order valence-electron chi connectivity index (χ3n) is 2.57. The predicted molar refractivity (Wildman–Crippen MR) is 65.8 cm³/mol. The van der Waals surface area contributed by atoms with E-state index in [4.69, 9.17) is 0 Å². The highest BCUT2D eigenvalue weighted by Gasteiger charge is 2.22. The molecule has 90 valence electrons. The third-order valence-corrected chi connectivity index (χ3v) is 4.43. The number of hydrogen-bond acceptors (Lipinski definition) is 3. The maximum absolute atomic E-state index is 11.5. The Kier molecular flexibility index (Phi) is 6.13. The Balaban J connectivity index is 4.28. The average molecular weight is 233 g/mol. The molecule has 0 aliphatic carbocycles. The molecule has 0 aliphatic rings. The molecule has 0 saturated heterocycles. The molecule has 0 amide bonds. The molecule has 0 heterocycles. The number of hydrogen-bond donors (Lipinski definition) is 1. The van der Waals surface area contributed by atoms with Gasteiger partial charge >= 0.3 is 0 Å². The van der Waals surface area contributed by atoms with Crippen molar-refractivity contribution in [3.8, 4) is 0 Å². The van der Waals surface area contributed by atoms with Crippen LogP contribution in [-0.4, -0.2) is 33.5 Å². The molecule has 0 saturated carbocycles. The molecular formula is C11H23NO2S. The molecule has 0 spiro atoms. The van der Waals surface area contributed by atoms with Crippen LogP contribution >= 0.6 is 0 Å². The first-order valence-electron chi connectivity index (χ1n) is 5.38. The molecule has 0 aliphatic heterocycles. The number of nitrogens with one attached hydrogen (secondary N) is 1. The largest absolute Gasteiger partial charge is 0.319 e. The molecule has 0 fully saturated rings. The van der Waals surface area contributed by atoms with Gasteiger partial charge in [0.05, 0.1) is 5.75 Å². The molecule has 0 aromatic rings. The second-order valence-corrected chi connectivity index (χ2v) is 6.59. The van der Waals surface area contributed by atoms with Gasteiger partial charge in [-0.2, -0.15) is 0 Å². The van der Waals surface area contributed by atoms with Gasteiger partial charge in [0.2, 0.25) is 0 Å². The average Bonchev–Trinajstić information content (AvgIpc) is 2.16. The lowest BCUT2D eigenvalue weighted by Crippen LogP contribution is -2.30. The zero-order chi connectivity index (χ0) is 11.9. The van der Waals surface area contributed by atoms with E-state index in [9.17, 15) is 8.42 Å². The fraction of sp³-hybridized carbons (Fsp3) is 0.818. The topological polar surface area (TPSA) is 46.2 Å². The normalized spacial score (nSPS) is 15.9. The number of sulfone groups is 1. The summed E-state index contributed by atoms with van der Waals surface area (Å²) in [7, 11) is -1.01. The molecular weight excluding hydrogens is 210 g/mol. The molecule has 3 nitrogen and oxygen atoms in total. The van der Waals surface area contributed by atoms with Gasteiger partial charge in [0.25, 0.3) is 0 Å². The summed E-state index contributed by atoms with van der Waals surface area (Å²) in [6, 6.07) is 0. The van der Waals surface area contributed by atoms with E-state index in [1.807, 2.05) is 27.0 Å². The van der Waals surface area contributed by atoms with Crippen LogP contribution in [0.2, 0.25) is 0 Å². The molecule has 0 bridgehead atoms. The fourth-order valence-corrected chi connectivity index (χ4v) is 3.07. The highest BCUT2D eigenvalue weighted by atomic mass is 32.2. The van der Waals surface area contributed by atoms with Crippen LogP contribution in [0.4, 0.5) is 0 Å². The minimum absolute atomic E-state index is 0.129. The summed E-state index contributed by atoms with van der Waals surface area (Å²) in [5, 5.41) is 3.06. The van der Waals surface area contributed by atoms with Gasteiger partial charge in [0.15, 0.2) is 0 Å². The second kappa shape index (κ2) is 6.28. The molecule has 1 atom stereocenters. The molecule has 15 heavy (non-hydrogen) atoms. The van der Waals surface area contributed by atoms with Gasteiger partial charge in [-0.3, -0.25) is 0 Å². The molecule has 0 aromatic carbocycles. The van der Waals surface area contributed by atoms with Crippen molar-refractivity contribution < 1.29 is 8.42 Å². The van der Waals surface area contributed by atoms with Crippen LogP contribution < -0.4 is 5.32 Å². The first-order valence-corrected chi connectivity index (χ1v) is 7.20. The van der Waals surface area contributed by atoms with E-state index in [2.05, 4.69) is 11.9 Å². The van der Waals surface area contributed by atoms with E-state index in [1.54, 1.807) is 0 Å². The lowest BCUT2D eigenvalue weighted by molar-refractivity contribution is 0.394. The van der Waals surface area contributed by atoms with E-state index in [0.29, 0.717) is 18.6 Å². The van der Waals surface area contributed by atoms with Gasteiger partial charge < -0.3 is 5.32 Å². The van der Waals surface area contributed by atoms with Crippen molar-refractivity contribution in [2.75, 3.05) is 25.1 Å². The summed E-state index contributed by atoms with van der Waals surface area (Å²) in [5.41, 5.74) is -0.129. The van der Waals surface area contributed by atoms with Crippen molar-refractivity contribution >= 4 is 9.84 Å². The Morgan fingerprint density at radius 2 is 2.00 bits per heavy atom. The van der Waals surface area contributed by atoms with Crippen LogP contribution in [0.15, 0.2) is 12.7 Å². The lowest BCUT2D eigenvalue weighted by atomic mass is 9.88. The quantitative estimate of drug-likeness (QED) is 0.648. The lowest BCUT2D eigenvalue weighted by Gasteiger charge is -2.25. The van der Waals surface area contributed by atoms with Gasteiger partial charge in [-0.25, -0.2) is 8.42 Å². The highest BCUT2D eigenvalue weighted by Crippen LogP contribution is 2.22. The Morgan fingerprint density at radius 1 is 1.40 bits per heavy atom. The molecule has 0 aromatic heterocycles. The summed E-state index contributed by atoms with van der Waals surface area (Å²) in [5.74, 6) is 0.546. The monoisotopic (exact) mass is 233 g/mol. The van der Waals surface area contributed by atoms with Crippen LogP contribution in [0.3, 0.4) is 0 Å². The van der Waals surface area contributed by atoms with Crippen molar-refractivity contribution in [3.63, 3.8) is 0 Å². The molecule has 1 unspecified atom stereocenters. The first-order chi connectivity index (χ1) is 6.89. The summed E-state index contributed by atoms with van der Waals surface area (Å²) >= 11 is 0. The zero-order valence-electron chi connectivity index (χ0n) is 10.0. The smallest absolute Gasteiger partial charge is 0.150 e. The number of rotatable bonds is 8. The molecule has 0 radical (unpaired) electrons. The summed E-state index contributed by atoms with van der Waals surface area (Å²) < 4.78 is 23.1. The predicted octanol–water partition coefficient (Wildman–Crippen LogP) is 1.61. The van der Waals surface area contributed by atoms with Crippen LogP contribution in [0.5, 0.6) is 0 Å².